The maximum atomic E-state index is 12.6. The molecular weight excluding hydrogens is 296 g/mol. The predicted molar refractivity (Wildman–Crippen MR) is 86.7 cm³/mol. The van der Waals surface area contributed by atoms with Crippen LogP contribution in [0.25, 0.3) is 0 Å². The zero-order chi connectivity index (χ0) is 15.5. The minimum atomic E-state index is -0.431. The van der Waals surface area contributed by atoms with E-state index in [1.165, 1.54) is 4.88 Å². The first kappa shape index (κ1) is 15.2. The molecule has 1 aliphatic heterocycles. The first-order valence-corrected chi connectivity index (χ1v) is 8.44. The number of aromatic nitrogens is 1. The molecule has 5 heteroatoms. The number of likely N-dealkylation sites (tertiary alicyclic amines) is 1. The van der Waals surface area contributed by atoms with Gasteiger partial charge in [0.05, 0.1) is 23.4 Å². The SMILES string of the molecule is Cc1ncsc1CCC(=O)N1CC(O)CC1c1ccccc1. The third kappa shape index (κ3) is 3.20. The number of aliphatic hydroxyl groups excluding tert-OH is 1. The lowest BCUT2D eigenvalue weighted by atomic mass is 10.0. The maximum absolute atomic E-state index is 12.6. The Morgan fingerprint density at radius 2 is 2.18 bits per heavy atom. The molecule has 1 aromatic heterocycles. The fourth-order valence-electron chi connectivity index (χ4n) is 3.01. The number of nitrogens with zero attached hydrogens (tertiary/aromatic N) is 2. The summed E-state index contributed by atoms with van der Waals surface area (Å²) in [7, 11) is 0. The molecule has 22 heavy (non-hydrogen) atoms. The summed E-state index contributed by atoms with van der Waals surface area (Å²) in [5, 5.41) is 9.97. The molecule has 2 heterocycles. The molecule has 1 N–H and O–H groups in total. The quantitative estimate of drug-likeness (QED) is 0.943. The third-order valence-electron chi connectivity index (χ3n) is 4.19. The molecule has 1 fully saturated rings. The highest BCUT2D eigenvalue weighted by molar-refractivity contribution is 7.09. The fraction of sp³-hybridized carbons (Fsp3) is 0.412. The number of β-amino-alcohol motifs (C(OH)–C–C–N with tert-alkyl or cyclic N) is 1. The van der Waals surface area contributed by atoms with E-state index in [1.54, 1.807) is 11.3 Å². The monoisotopic (exact) mass is 316 g/mol. The van der Waals surface area contributed by atoms with Gasteiger partial charge in [0, 0.05) is 17.8 Å². The Labute approximate surface area is 134 Å². The second kappa shape index (κ2) is 6.58. The normalized spacial score (nSPS) is 21.3. The van der Waals surface area contributed by atoms with Gasteiger partial charge in [-0.15, -0.1) is 11.3 Å². The molecule has 116 valence electrons. The Morgan fingerprint density at radius 3 is 2.86 bits per heavy atom. The third-order valence-corrected chi connectivity index (χ3v) is 5.19. The number of hydrogen-bond acceptors (Lipinski definition) is 4. The Kier molecular flexibility index (Phi) is 4.55. The van der Waals surface area contributed by atoms with Gasteiger partial charge in [0.2, 0.25) is 5.91 Å². The zero-order valence-electron chi connectivity index (χ0n) is 12.6. The molecule has 2 atom stereocenters. The smallest absolute Gasteiger partial charge is 0.223 e. The molecule has 1 amide bonds. The Morgan fingerprint density at radius 1 is 1.41 bits per heavy atom. The van der Waals surface area contributed by atoms with Crippen LogP contribution in [0, 0.1) is 6.92 Å². The summed E-state index contributed by atoms with van der Waals surface area (Å²) >= 11 is 1.60. The van der Waals surface area contributed by atoms with Gasteiger partial charge >= 0.3 is 0 Å². The highest BCUT2D eigenvalue weighted by atomic mass is 32.1. The summed E-state index contributed by atoms with van der Waals surface area (Å²) in [6, 6.07) is 9.96. The number of aliphatic hydroxyl groups is 1. The van der Waals surface area contributed by atoms with Gasteiger partial charge in [-0.2, -0.15) is 0 Å². The summed E-state index contributed by atoms with van der Waals surface area (Å²) in [4.78, 5) is 19.8. The summed E-state index contributed by atoms with van der Waals surface area (Å²) in [5.41, 5.74) is 3.93. The second-order valence-corrected chi connectivity index (χ2v) is 6.66. The topological polar surface area (TPSA) is 53.4 Å². The lowest BCUT2D eigenvalue weighted by Crippen LogP contribution is -2.31. The van der Waals surface area contributed by atoms with E-state index in [2.05, 4.69) is 4.98 Å². The molecule has 4 nitrogen and oxygen atoms in total. The molecule has 2 aromatic rings. The van der Waals surface area contributed by atoms with Crippen LogP contribution in [-0.2, 0) is 11.2 Å². The first-order chi connectivity index (χ1) is 10.6. The lowest BCUT2D eigenvalue weighted by molar-refractivity contribution is -0.132. The Hall–Kier alpha value is -1.72. The number of hydrogen-bond donors (Lipinski definition) is 1. The number of amides is 1. The number of aryl methyl sites for hydroxylation is 2. The Bertz CT molecular complexity index is 641. The van der Waals surface area contributed by atoms with Crippen molar-refractivity contribution >= 4 is 17.2 Å². The van der Waals surface area contributed by atoms with Crippen molar-refractivity contribution in [2.75, 3.05) is 6.54 Å². The van der Waals surface area contributed by atoms with E-state index in [-0.39, 0.29) is 11.9 Å². The van der Waals surface area contributed by atoms with Crippen LogP contribution >= 0.6 is 11.3 Å². The maximum Gasteiger partial charge on any atom is 0.223 e. The molecule has 0 radical (unpaired) electrons. The van der Waals surface area contributed by atoms with Gasteiger partial charge in [-0.05, 0) is 25.3 Å². The fourth-order valence-corrected chi connectivity index (χ4v) is 3.79. The van der Waals surface area contributed by atoms with Crippen LogP contribution in [0.3, 0.4) is 0 Å². The molecule has 0 saturated carbocycles. The standard InChI is InChI=1S/C17H20N2O2S/c1-12-16(22-11-18-12)7-8-17(21)19-10-14(20)9-15(19)13-5-3-2-4-6-13/h2-6,11,14-15,20H,7-10H2,1H3. The van der Waals surface area contributed by atoms with Gasteiger partial charge < -0.3 is 10.0 Å². The number of rotatable bonds is 4. The van der Waals surface area contributed by atoms with Crippen LogP contribution in [0.5, 0.6) is 0 Å². The van der Waals surface area contributed by atoms with E-state index in [0.29, 0.717) is 19.4 Å². The van der Waals surface area contributed by atoms with E-state index in [4.69, 9.17) is 0 Å². The van der Waals surface area contributed by atoms with Crippen molar-refractivity contribution in [3.8, 4) is 0 Å². The highest BCUT2D eigenvalue weighted by Gasteiger charge is 2.34. The molecule has 1 saturated heterocycles. The summed E-state index contributed by atoms with van der Waals surface area (Å²) in [6.45, 7) is 2.41. The van der Waals surface area contributed by atoms with E-state index >= 15 is 0 Å². The van der Waals surface area contributed by atoms with Crippen LogP contribution < -0.4 is 0 Å². The van der Waals surface area contributed by atoms with Crippen molar-refractivity contribution in [2.24, 2.45) is 0 Å². The lowest BCUT2D eigenvalue weighted by Gasteiger charge is -2.24. The van der Waals surface area contributed by atoms with Crippen molar-refractivity contribution in [3.05, 3.63) is 52.0 Å². The van der Waals surface area contributed by atoms with Gasteiger partial charge in [0.1, 0.15) is 0 Å². The van der Waals surface area contributed by atoms with Crippen molar-refractivity contribution in [3.63, 3.8) is 0 Å². The van der Waals surface area contributed by atoms with Crippen LogP contribution in [0.4, 0.5) is 0 Å². The number of carbonyl (C=O) groups excluding carboxylic acids is 1. The minimum absolute atomic E-state index is 0.00809. The molecular formula is C17H20N2O2S. The molecule has 0 bridgehead atoms. The average Bonchev–Trinajstić information content (AvgIpc) is 3.11. The number of benzene rings is 1. The van der Waals surface area contributed by atoms with Gasteiger partial charge in [-0.25, -0.2) is 4.98 Å². The van der Waals surface area contributed by atoms with Crippen LogP contribution in [0.2, 0.25) is 0 Å². The average molecular weight is 316 g/mol. The van der Waals surface area contributed by atoms with Crippen molar-refractivity contribution in [2.45, 2.75) is 38.3 Å². The number of carbonyl (C=O) groups is 1. The van der Waals surface area contributed by atoms with Crippen LogP contribution in [0.1, 0.15) is 35.0 Å². The molecule has 0 aliphatic carbocycles. The first-order valence-electron chi connectivity index (χ1n) is 7.56. The van der Waals surface area contributed by atoms with E-state index in [9.17, 15) is 9.90 Å². The predicted octanol–water partition coefficient (Wildman–Crippen LogP) is 2.72. The summed E-state index contributed by atoms with van der Waals surface area (Å²) in [5.74, 6) is 0.109. The molecule has 1 aliphatic rings. The van der Waals surface area contributed by atoms with E-state index < -0.39 is 6.10 Å². The molecule has 1 aromatic carbocycles. The van der Waals surface area contributed by atoms with Crippen molar-refractivity contribution in [1.82, 2.24) is 9.88 Å². The molecule has 2 unspecified atom stereocenters. The minimum Gasteiger partial charge on any atom is -0.391 e. The van der Waals surface area contributed by atoms with Gasteiger partial charge in [-0.1, -0.05) is 30.3 Å². The Balaban J connectivity index is 1.69. The zero-order valence-corrected chi connectivity index (χ0v) is 13.4. The summed E-state index contributed by atoms with van der Waals surface area (Å²) in [6.07, 6.45) is 1.39. The van der Waals surface area contributed by atoms with Crippen molar-refractivity contribution < 1.29 is 9.90 Å². The molecule has 3 rings (SSSR count). The molecule has 0 spiro atoms. The largest absolute Gasteiger partial charge is 0.391 e. The van der Waals surface area contributed by atoms with Gasteiger partial charge in [0.25, 0.3) is 0 Å². The summed E-state index contributed by atoms with van der Waals surface area (Å²) < 4.78 is 0. The number of thiazole rings is 1. The van der Waals surface area contributed by atoms with Gasteiger partial charge in [0.15, 0.2) is 0 Å². The van der Waals surface area contributed by atoms with Crippen LogP contribution in [0.15, 0.2) is 35.8 Å². The van der Waals surface area contributed by atoms with E-state index in [1.807, 2.05) is 47.7 Å². The second-order valence-electron chi connectivity index (χ2n) is 5.72. The van der Waals surface area contributed by atoms with Crippen molar-refractivity contribution in [1.29, 1.82) is 0 Å². The van der Waals surface area contributed by atoms with Gasteiger partial charge in [-0.3, -0.25) is 4.79 Å². The van der Waals surface area contributed by atoms with Crippen LogP contribution in [-0.4, -0.2) is 33.5 Å². The van der Waals surface area contributed by atoms with E-state index in [0.717, 1.165) is 17.7 Å². The highest BCUT2D eigenvalue weighted by Crippen LogP contribution is 2.32.